The van der Waals surface area contributed by atoms with Gasteiger partial charge >= 0.3 is 23.0 Å². The number of ether oxygens (including phenoxy) is 1. The Morgan fingerprint density at radius 2 is 1.67 bits per heavy atom. The predicted molar refractivity (Wildman–Crippen MR) is 65.7 cm³/mol. The minimum atomic E-state index is -0.223. The van der Waals surface area contributed by atoms with Gasteiger partial charge in [-0.1, -0.05) is 0 Å². The van der Waals surface area contributed by atoms with Crippen molar-refractivity contribution in [2.24, 2.45) is 0 Å². The van der Waals surface area contributed by atoms with E-state index in [1.54, 1.807) is 0 Å². The van der Waals surface area contributed by atoms with Gasteiger partial charge < -0.3 is 4.74 Å². The first-order chi connectivity index (χ1) is 8.25. The van der Waals surface area contributed by atoms with Crippen molar-refractivity contribution < 1.29 is 26.6 Å². The second kappa shape index (κ2) is 8.22. The van der Waals surface area contributed by atoms with E-state index < -0.39 is 0 Å². The first kappa shape index (κ1) is 16.0. The molecule has 0 aromatic heterocycles. The molecule has 2 rings (SSSR count). The van der Waals surface area contributed by atoms with Crippen LogP contribution in [0.5, 0.6) is 0 Å². The molecule has 0 N–H and O–H groups in total. The zero-order chi connectivity index (χ0) is 12.1. The molecule has 0 amide bonds. The minimum absolute atomic E-state index is 0. The van der Waals surface area contributed by atoms with Gasteiger partial charge in [0.2, 0.25) is 0 Å². The molecule has 3 heteroatoms. The monoisotopic (exact) mass is 284 g/mol. The maximum atomic E-state index is 11.1. The fourth-order valence-electron chi connectivity index (χ4n) is 1.98. The number of hydrogen-bond donors (Lipinski definition) is 0. The topological polar surface area (TPSA) is 26.3 Å². The predicted octanol–water partition coefficient (Wildman–Crippen LogP) is 2.51. The molecular formula is C15H16FeO2+2. The summed E-state index contributed by atoms with van der Waals surface area (Å²) in [6, 6.07) is 0. The van der Waals surface area contributed by atoms with Gasteiger partial charge in [-0.05, 0) is 70.1 Å². The molecule has 94 valence electrons. The van der Waals surface area contributed by atoms with Crippen molar-refractivity contribution in [1.82, 2.24) is 0 Å². The third kappa shape index (κ3) is 4.93. The Labute approximate surface area is 122 Å². The van der Waals surface area contributed by atoms with Crippen LogP contribution in [0.3, 0.4) is 0 Å². The molecule has 2 nitrogen and oxygen atoms in total. The minimum Gasteiger partial charge on any atom is -0.462 e. The van der Waals surface area contributed by atoms with Gasteiger partial charge in [-0.25, -0.2) is 0 Å². The van der Waals surface area contributed by atoms with Gasteiger partial charge in [0.05, 0.1) is 0 Å². The molecule has 2 saturated carbocycles. The summed E-state index contributed by atoms with van der Waals surface area (Å²) in [5.74, 6) is 2.14. The maximum absolute atomic E-state index is 11.1. The molecule has 0 aromatic carbocycles. The van der Waals surface area contributed by atoms with E-state index in [9.17, 15) is 4.79 Å². The zero-order valence-electron chi connectivity index (χ0n) is 10.3. The van der Waals surface area contributed by atoms with Crippen molar-refractivity contribution >= 4 is 5.97 Å². The Kier molecular flexibility index (Phi) is 7.33. The standard InChI is InChI=1S/C15H16O2.Fe/c1-12(16)17-15(14-8-4-5-9-14)11-10-13-6-2-3-7-13;/h2-9,15H,10-11H2,1H3;/q;+2/t15-;/m1./s1. The van der Waals surface area contributed by atoms with Crippen LogP contribution in [0, 0.1) is 63.2 Å². The third-order valence-corrected chi connectivity index (χ3v) is 2.80. The number of rotatable bonds is 5. The fourth-order valence-corrected chi connectivity index (χ4v) is 1.98. The Bertz CT molecular complexity index is 243. The van der Waals surface area contributed by atoms with Crippen molar-refractivity contribution in [1.29, 1.82) is 0 Å². The molecule has 1 atom stereocenters. The van der Waals surface area contributed by atoms with E-state index in [0.717, 1.165) is 18.8 Å². The summed E-state index contributed by atoms with van der Waals surface area (Å²) in [4.78, 5) is 11.1. The maximum Gasteiger partial charge on any atom is 2.00 e. The SMILES string of the molecule is CC(=O)O[C@H](CC[C]1[CH][CH][CH][CH]1)[C]1[CH][CH][CH][CH]1.[Fe+2]. The molecule has 2 aliphatic rings. The number of hydrogen-bond acceptors (Lipinski definition) is 2. The number of carbonyl (C=O) groups is 1. The summed E-state index contributed by atoms with van der Waals surface area (Å²) in [6.07, 6.45) is 17.8. The van der Waals surface area contributed by atoms with Gasteiger partial charge in [0, 0.05) is 12.8 Å². The smallest absolute Gasteiger partial charge is 0.462 e. The van der Waals surface area contributed by atoms with Gasteiger partial charge in [-0.2, -0.15) is 0 Å². The molecule has 10 radical (unpaired) electrons. The van der Waals surface area contributed by atoms with E-state index >= 15 is 0 Å². The molecule has 0 heterocycles. The number of esters is 1. The molecule has 2 aliphatic carbocycles. The summed E-state index contributed by atoms with van der Waals surface area (Å²) in [5.41, 5.74) is 0. The van der Waals surface area contributed by atoms with Gasteiger partial charge in [0.25, 0.3) is 0 Å². The second-order valence-corrected chi connectivity index (χ2v) is 4.15. The average Bonchev–Trinajstić information content (AvgIpc) is 2.96. The van der Waals surface area contributed by atoms with E-state index in [1.807, 2.05) is 38.5 Å². The van der Waals surface area contributed by atoms with Crippen LogP contribution in [-0.4, -0.2) is 12.1 Å². The van der Waals surface area contributed by atoms with Crippen LogP contribution in [0.15, 0.2) is 0 Å². The molecule has 0 bridgehead atoms. The van der Waals surface area contributed by atoms with Crippen molar-refractivity contribution in [2.75, 3.05) is 0 Å². The Hall–Kier alpha value is -0.0105. The van der Waals surface area contributed by atoms with Crippen LogP contribution in [0.2, 0.25) is 0 Å². The van der Waals surface area contributed by atoms with Gasteiger partial charge in [-0.3, -0.25) is 4.79 Å². The average molecular weight is 284 g/mol. The van der Waals surface area contributed by atoms with Crippen LogP contribution in [-0.2, 0) is 26.6 Å². The van der Waals surface area contributed by atoms with E-state index in [-0.39, 0.29) is 29.1 Å². The van der Waals surface area contributed by atoms with Crippen LogP contribution in [0.25, 0.3) is 0 Å². The van der Waals surface area contributed by atoms with E-state index in [2.05, 4.69) is 12.8 Å². The van der Waals surface area contributed by atoms with E-state index in [0.29, 0.717) is 0 Å². The van der Waals surface area contributed by atoms with Gasteiger partial charge in [0.1, 0.15) is 6.10 Å². The molecular weight excluding hydrogens is 268 g/mol. The Morgan fingerprint density at radius 3 is 2.22 bits per heavy atom. The fraction of sp³-hybridized carbons (Fsp3) is 0.267. The molecule has 0 aliphatic heterocycles. The van der Waals surface area contributed by atoms with Crippen molar-refractivity contribution in [3.8, 4) is 0 Å². The molecule has 2 fully saturated rings. The third-order valence-electron chi connectivity index (χ3n) is 2.80. The summed E-state index contributed by atoms with van der Waals surface area (Å²) in [6.45, 7) is 1.46. The van der Waals surface area contributed by atoms with Gasteiger partial charge in [-0.15, -0.1) is 0 Å². The van der Waals surface area contributed by atoms with Crippen molar-refractivity contribution in [2.45, 2.75) is 25.9 Å². The molecule has 18 heavy (non-hydrogen) atoms. The Balaban J connectivity index is 0.00000162. The second-order valence-electron chi connectivity index (χ2n) is 4.15. The normalized spacial score (nSPS) is 22.7. The largest absolute Gasteiger partial charge is 2.00 e. The quantitative estimate of drug-likeness (QED) is 0.573. The van der Waals surface area contributed by atoms with Gasteiger partial charge in [0.15, 0.2) is 0 Å². The van der Waals surface area contributed by atoms with Crippen molar-refractivity contribution in [3.63, 3.8) is 0 Å². The Morgan fingerprint density at radius 1 is 1.11 bits per heavy atom. The summed E-state index contributed by atoms with van der Waals surface area (Å²) >= 11 is 0. The summed E-state index contributed by atoms with van der Waals surface area (Å²) in [5, 5.41) is 0. The van der Waals surface area contributed by atoms with E-state index in [1.165, 1.54) is 12.8 Å². The van der Waals surface area contributed by atoms with Crippen LogP contribution >= 0.6 is 0 Å². The van der Waals surface area contributed by atoms with E-state index in [4.69, 9.17) is 4.74 Å². The zero-order valence-corrected chi connectivity index (χ0v) is 11.4. The first-order valence-corrected chi connectivity index (χ1v) is 5.85. The molecule has 0 aromatic rings. The summed E-state index contributed by atoms with van der Waals surface area (Å²) < 4.78 is 5.35. The molecule has 0 unspecified atom stereocenters. The number of carbonyl (C=O) groups excluding carboxylic acids is 1. The van der Waals surface area contributed by atoms with Crippen LogP contribution < -0.4 is 0 Å². The van der Waals surface area contributed by atoms with Crippen molar-refractivity contribution in [3.05, 3.63) is 63.2 Å². The van der Waals surface area contributed by atoms with Crippen LogP contribution in [0.4, 0.5) is 0 Å². The van der Waals surface area contributed by atoms with Crippen LogP contribution in [0.1, 0.15) is 19.8 Å². The molecule has 0 spiro atoms. The summed E-state index contributed by atoms with van der Waals surface area (Å²) in [7, 11) is 0. The molecule has 0 saturated heterocycles. The first-order valence-electron chi connectivity index (χ1n) is 5.85.